The Balaban J connectivity index is 1.35. The van der Waals surface area contributed by atoms with Crippen molar-refractivity contribution in [2.45, 2.75) is 6.42 Å². The Bertz CT molecular complexity index is 978. The summed E-state index contributed by atoms with van der Waals surface area (Å²) in [6.45, 7) is 2.85. The van der Waals surface area contributed by atoms with Gasteiger partial charge in [-0.05, 0) is 41.5 Å². The van der Waals surface area contributed by atoms with Crippen molar-refractivity contribution in [1.82, 2.24) is 15.1 Å². The number of hydrogen-bond donors (Lipinski definition) is 1. The number of rotatable bonds is 5. The van der Waals surface area contributed by atoms with Gasteiger partial charge >= 0.3 is 0 Å². The Morgan fingerprint density at radius 3 is 2.52 bits per heavy atom. The van der Waals surface area contributed by atoms with Gasteiger partial charge in [0.2, 0.25) is 5.91 Å². The number of benzene rings is 2. The molecule has 1 aliphatic rings. The van der Waals surface area contributed by atoms with Gasteiger partial charge in [0.25, 0.3) is 0 Å². The van der Waals surface area contributed by atoms with E-state index in [4.69, 9.17) is 16.3 Å². The van der Waals surface area contributed by atoms with Crippen LogP contribution in [0.3, 0.4) is 0 Å². The highest BCUT2D eigenvalue weighted by molar-refractivity contribution is 6.31. The average molecular weight is 411 g/mol. The molecule has 2 aromatic carbocycles. The fourth-order valence-corrected chi connectivity index (χ4v) is 3.70. The first-order chi connectivity index (χ1) is 14.1. The molecule has 1 fully saturated rings. The van der Waals surface area contributed by atoms with Crippen molar-refractivity contribution in [2.75, 3.05) is 38.2 Å². The van der Waals surface area contributed by atoms with Crippen LogP contribution in [0, 0.1) is 0 Å². The third-order valence-corrected chi connectivity index (χ3v) is 5.59. The highest BCUT2D eigenvalue weighted by Crippen LogP contribution is 2.25. The first-order valence-electron chi connectivity index (χ1n) is 9.60. The molecule has 6 nitrogen and oxygen atoms in total. The van der Waals surface area contributed by atoms with Crippen LogP contribution in [-0.2, 0) is 11.2 Å². The number of amides is 1. The van der Waals surface area contributed by atoms with Crippen LogP contribution in [0.4, 0.5) is 5.82 Å². The minimum absolute atomic E-state index is 0.110. The second-order valence-electron chi connectivity index (χ2n) is 7.00. The third-order valence-electron chi connectivity index (χ3n) is 5.22. The summed E-state index contributed by atoms with van der Waals surface area (Å²) in [4.78, 5) is 16.7. The molecule has 0 aliphatic carbocycles. The fourth-order valence-electron chi connectivity index (χ4n) is 3.49. The van der Waals surface area contributed by atoms with Crippen LogP contribution >= 0.6 is 11.6 Å². The van der Waals surface area contributed by atoms with Gasteiger partial charge in [-0.1, -0.05) is 29.8 Å². The van der Waals surface area contributed by atoms with Crippen molar-refractivity contribution >= 4 is 23.3 Å². The molecule has 1 amide bonds. The maximum absolute atomic E-state index is 12.6. The number of H-pyrrole nitrogens is 1. The number of carbonyl (C=O) groups excluding carboxylic acids is 1. The minimum Gasteiger partial charge on any atom is -0.497 e. The summed E-state index contributed by atoms with van der Waals surface area (Å²) in [6, 6.07) is 17.4. The summed E-state index contributed by atoms with van der Waals surface area (Å²) < 4.78 is 5.21. The number of nitrogens with one attached hydrogen (secondary N) is 1. The second-order valence-corrected chi connectivity index (χ2v) is 7.41. The van der Waals surface area contributed by atoms with Gasteiger partial charge in [0, 0.05) is 37.3 Å². The SMILES string of the molecule is COc1ccc(-c2cc(N3CCN(C(=O)Cc4ccccc4Cl)CC3)n[nH]2)cc1. The number of aromatic amines is 1. The molecular weight excluding hydrogens is 388 g/mol. The van der Waals surface area contributed by atoms with Gasteiger partial charge in [-0.15, -0.1) is 0 Å². The Labute approximate surface area is 175 Å². The molecule has 1 saturated heterocycles. The lowest BCUT2D eigenvalue weighted by Crippen LogP contribution is -2.49. The van der Waals surface area contributed by atoms with Crippen molar-refractivity contribution in [1.29, 1.82) is 0 Å². The number of nitrogens with zero attached hydrogens (tertiary/aromatic N) is 3. The molecule has 150 valence electrons. The topological polar surface area (TPSA) is 61.5 Å². The van der Waals surface area contributed by atoms with Crippen LogP contribution in [-0.4, -0.2) is 54.3 Å². The molecule has 0 spiro atoms. The molecule has 0 saturated carbocycles. The van der Waals surface area contributed by atoms with Gasteiger partial charge in [0.15, 0.2) is 5.82 Å². The zero-order valence-corrected chi connectivity index (χ0v) is 17.0. The summed E-state index contributed by atoms with van der Waals surface area (Å²) in [6.07, 6.45) is 0.337. The van der Waals surface area contributed by atoms with Gasteiger partial charge in [-0.2, -0.15) is 5.10 Å². The number of piperazine rings is 1. The zero-order valence-electron chi connectivity index (χ0n) is 16.3. The number of ether oxygens (including phenoxy) is 1. The molecule has 1 aromatic heterocycles. The Morgan fingerprint density at radius 2 is 1.83 bits per heavy atom. The van der Waals surface area contributed by atoms with Crippen LogP contribution < -0.4 is 9.64 Å². The summed E-state index contributed by atoms with van der Waals surface area (Å²) in [7, 11) is 1.65. The molecule has 0 atom stereocenters. The maximum Gasteiger partial charge on any atom is 0.227 e. The maximum atomic E-state index is 12.6. The highest BCUT2D eigenvalue weighted by atomic mass is 35.5. The predicted molar refractivity (Wildman–Crippen MR) is 115 cm³/mol. The summed E-state index contributed by atoms with van der Waals surface area (Å²) in [5.74, 6) is 1.83. The molecule has 3 aromatic rings. The van der Waals surface area contributed by atoms with E-state index in [1.54, 1.807) is 7.11 Å². The smallest absolute Gasteiger partial charge is 0.227 e. The summed E-state index contributed by atoms with van der Waals surface area (Å²) in [5, 5.41) is 8.20. The van der Waals surface area contributed by atoms with Crippen LogP contribution in [0.25, 0.3) is 11.3 Å². The third kappa shape index (κ3) is 4.38. The Hall–Kier alpha value is -2.99. The lowest BCUT2D eigenvalue weighted by Gasteiger charge is -2.34. The molecular formula is C22H23ClN4O2. The Morgan fingerprint density at radius 1 is 1.10 bits per heavy atom. The van der Waals surface area contributed by atoms with Crippen molar-refractivity contribution in [3.63, 3.8) is 0 Å². The first-order valence-corrected chi connectivity index (χ1v) is 9.98. The van der Waals surface area contributed by atoms with Gasteiger partial charge in [0.1, 0.15) is 5.75 Å². The molecule has 4 rings (SSSR count). The quantitative estimate of drug-likeness (QED) is 0.697. The summed E-state index contributed by atoms with van der Waals surface area (Å²) >= 11 is 6.18. The van der Waals surface area contributed by atoms with Gasteiger partial charge in [0.05, 0.1) is 19.2 Å². The van der Waals surface area contributed by atoms with E-state index in [1.807, 2.05) is 59.5 Å². The molecule has 29 heavy (non-hydrogen) atoms. The van der Waals surface area contributed by atoms with Crippen LogP contribution in [0.1, 0.15) is 5.56 Å². The van der Waals surface area contributed by atoms with Crippen molar-refractivity contribution in [3.05, 3.63) is 65.2 Å². The largest absolute Gasteiger partial charge is 0.497 e. The molecule has 1 N–H and O–H groups in total. The average Bonchev–Trinajstić information content (AvgIpc) is 3.26. The number of halogens is 1. The van der Waals surface area contributed by atoms with Gasteiger partial charge in [-0.3, -0.25) is 9.89 Å². The zero-order chi connectivity index (χ0) is 20.2. The van der Waals surface area contributed by atoms with E-state index < -0.39 is 0 Å². The predicted octanol–water partition coefficient (Wildman–Crippen LogP) is 3.63. The summed E-state index contributed by atoms with van der Waals surface area (Å²) in [5.41, 5.74) is 2.89. The number of carbonyl (C=O) groups is 1. The normalized spacial score (nSPS) is 14.1. The molecule has 2 heterocycles. The standard InChI is InChI=1S/C22H23ClN4O2/c1-29-18-8-6-16(7-9-18)20-15-21(25-24-20)26-10-12-27(13-11-26)22(28)14-17-4-2-3-5-19(17)23/h2-9,15H,10-14H2,1H3,(H,24,25). The van der Waals surface area contributed by atoms with Crippen LogP contribution in [0.2, 0.25) is 5.02 Å². The van der Waals surface area contributed by atoms with E-state index in [9.17, 15) is 4.79 Å². The number of anilines is 1. The second kappa shape index (κ2) is 8.57. The molecule has 7 heteroatoms. The monoisotopic (exact) mass is 410 g/mol. The minimum atomic E-state index is 0.110. The van der Waals surface area contributed by atoms with Crippen LogP contribution in [0.15, 0.2) is 54.6 Å². The van der Waals surface area contributed by atoms with Crippen LogP contribution in [0.5, 0.6) is 5.75 Å². The molecule has 0 unspecified atom stereocenters. The molecule has 0 bridgehead atoms. The van der Waals surface area contributed by atoms with E-state index >= 15 is 0 Å². The van der Waals surface area contributed by atoms with E-state index in [-0.39, 0.29) is 5.91 Å². The number of methoxy groups -OCH3 is 1. The van der Waals surface area contributed by atoms with Gasteiger partial charge in [-0.25, -0.2) is 0 Å². The van der Waals surface area contributed by atoms with E-state index in [1.165, 1.54) is 0 Å². The van der Waals surface area contributed by atoms with Crippen molar-refractivity contribution in [3.8, 4) is 17.0 Å². The van der Waals surface area contributed by atoms with Gasteiger partial charge < -0.3 is 14.5 Å². The first kappa shape index (κ1) is 19.3. The lowest BCUT2D eigenvalue weighted by atomic mass is 10.1. The highest BCUT2D eigenvalue weighted by Gasteiger charge is 2.23. The van der Waals surface area contributed by atoms with Crippen molar-refractivity contribution < 1.29 is 9.53 Å². The number of hydrogen-bond acceptors (Lipinski definition) is 4. The molecule has 1 aliphatic heterocycles. The van der Waals surface area contributed by atoms with E-state index in [2.05, 4.69) is 15.1 Å². The van der Waals surface area contributed by atoms with E-state index in [0.717, 1.165) is 41.5 Å². The fraction of sp³-hybridized carbons (Fsp3) is 0.273. The van der Waals surface area contributed by atoms with Crippen molar-refractivity contribution in [2.24, 2.45) is 0 Å². The van der Waals surface area contributed by atoms with E-state index in [0.29, 0.717) is 24.5 Å². The molecule has 0 radical (unpaired) electrons. The Kier molecular flexibility index (Phi) is 5.71. The number of aromatic nitrogens is 2. The lowest BCUT2D eigenvalue weighted by molar-refractivity contribution is -0.130.